The first-order valence-electron chi connectivity index (χ1n) is 9.99. The van der Waals surface area contributed by atoms with Gasteiger partial charge in [-0.05, 0) is 47.0 Å². The van der Waals surface area contributed by atoms with Crippen LogP contribution in [-0.4, -0.2) is 95.9 Å². The molecule has 0 spiro atoms. The smallest absolute Gasteiger partial charge is 0.237 e. The van der Waals surface area contributed by atoms with Crippen molar-refractivity contribution in [1.29, 1.82) is 0 Å². The Morgan fingerprint density at radius 2 is 1.36 bits per heavy atom. The van der Waals surface area contributed by atoms with Gasteiger partial charge in [0.25, 0.3) is 0 Å². The first-order chi connectivity index (χ1) is 12.0. The molecule has 2 fully saturated rings. The van der Waals surface area contributed by atoms with E-state index in [1.54, 1.807) is 0 Å². The summed E-state index contributed by atoms with van der Waals surface area (Å²) in [4.78, 5) is 33.4. The highest BCUT2D eigenvalue weighted by Gasteiger charge is 2.30. The van der Waals surface area contributed by atoms with Crippen LogP contribution in [0.5, 0.6) is 0 Å². The van der Waals surface area contributed by atoms with Crippen molar-refractivity contribution in [3.05, 3.63) is 0 Å². The number of piperazine rings is 1. The summed E-state index contributed by atoms with van der Waals surface area (Å²) in [5.41, 5.74) is 0. The molecule has 2 aliphatic rings. The van der Waals surface area contributed by atoms with Crippen LogP contribution in [0.25, 0.3) is 0 Å². The summed E-state index contributed by atoms with van der Waals surface area (Å²) in [6, 6.07) is 0.730. The molecule has 0 N–H and O–H groups in total. The van der Waals surface area contributed by atoms with Crippen LogP contribution < -0.4 is 0 Å². The highest BCUT2D eigenvalue weighted by Crippen LogP contribution is 2.22. The van der Waals surface area contributed by atoms with Crippen LogP contribution in [0, 0.1) is 0 Å². The number of nitrogens with zero attached hydrogens (tertiary/aromatic N) is 4. The number of carbonyl (C=O) groups is 2. The van der Waals surface area contributed by atoms with Crippen LogP contribution in [-0.2, 0) is 9.59 Å². The van der Waals surface area contributed by atoms with Crippen molar-refractivity contribution in [2.24, 2.45) is 0 Å². The van der Waals surface area contributed by atoms with E-state index in [9.17, 15) is 9.59 Å². The first kappa shape index (κ1) is 20.2. The Kier molecular flexibility index (Phi) is 7.69. The Bertz CT molecular complexity index is 435. The molecule has 0 aromatic carbocycles. The molecule has 0 aromatic heterocycles. The van der Waals surface area contributed by atoms with Gasteiger partial charge in [-0.15, -0.1) is 0 Å². The molecule has 6 heteroatoms. The maximum absolute atomic E-state index is 12.7. The van der Waals surface area contributed by atoms with Gasteiger partial charge in [-0.1, -0.05) is 0 Å². The second kappa shape index (κ2) is 9.53. The van der Waals surface area contributed by atoms with Gasteiger partial charge in [-0.25, -0.2) is 0 Å². The Labute approximate surface area is 153 Å². The molecule has 144 valence electrons. The maximum Gasteiger partial charge on any atom is 0.237 e. The lowest BCUT2D eigenvalue weighted by Crippen LogP contribution is -2.55. The topological polar surface area (TPSA) is 47.1 Å². The molecule has 0 bridgehead atoms. The number of likely N-dealkylation sites (N-methyl/N-ethyl adjacent to an activating group) is 1. The summed E-state index contributed by atoms with van der Waals surface area (Å²) in [7, 11) is 0. The minimum atomic E-state index is 0.213. The van der Waals surface area contributed by atoms with Crippen LogP contribution in [0.2, 0.25) is 0 Å². The second-order valence-electron chi connectivity index (χ2n) is 7.55. The Morgan fingerprint density at radius 1 is 0.880 bits per heavy atom. The Morgan fingerprint density at radius 3 is 1.84 bits per heavy atom. The van der Waals surface area contributed by atoms with Crippen LogP contribution >= 0.6 is 0 Å². The summed E-state index contributed by atoms with van der Waals surface area (Å²) in [6.07, 6.45) is 3.47. The van der Waals surface area contributed by atoms with Gasteiger partial charge in [0.15, 0.2) is 0 Å². The summed E-state index contributed by atoms with van der Waals surface area (Å²) in [6.45, 7) is 14.4. The fraction of sp³-hybridized carbons (Fsp3) is 0.895. The van der Waals surface area contributed by atoms with Crippen molar-refractivity contribution in [3.63, 3.8) is 0 Å². The second-order valence-corrected chi connectivity index (χ2v) is 7.55. The molecule has 0 aliphatic carbocycles. The van der Waals surface area contributed by atoms with E-state index < -0.39 is 0 Å². The van der Waals surface area contributed by atoms with Crippen molar-refractivity contribution in [2.45, 2.75) is 59.0 Å². The van der Waals surface area contributed by atoms with Crippen LogP contribution in [0.1, 0.15) is 47.0 Å². The number of amides is 2. The van der Waals surface area contributed by atoms with E-state index in [-0.39, 0.29) is 11.8 Å². The monoisotopic (exact) mass is 352 g/mol. The standard InChI is InChI=1S/C19H36N4O2/c1-5-22(6-2)18(24)14-20-10-12-21(13-11-20)15-19(25)23-16(3)8-7-9-17(23)4/h16-17H,5-15H2,1-4H3. The summed E-state index contributed by atoms with van der Waals surface area (Å²) in [5.74, 6) is 0.484. The van der Waals surface area contributed by atoms with E-state index in [1.165, 1.54) is 6.42 Å². The zero-order chi connectivity index (χ0) is 18.4. The SMILES string of the molecule is CCN(CC)C(=O)CN1CCN(CC(=O)N2C(C)CCCC2C)CC1. The lowest BCUT2D eigenvalue weighted by Gasteiger charge is -2.41. The quantitative estimate of drug-likeness (QED) is 0.722. The Balaban J connectivity index is 1.76. The largest absolute Gasteiger partial charge is 0.342 e. The number of hydrogen-bond donors (Lipinski definition) is 0. The van der Waals surface area contributed by atoms with E-state index in [2.05, 4.69) is 28.5 Å². The van der Waals surface area contributed by atoms with E-state index in [0.29, 0.717) is 25.2 Å². The third-order valence-electron chi connectivity index (χ3n) is 5.78. The minimum absolute atomic E-state index is 0.213. The highest BCUT2D eigenvalue weighted by atomic mass is 16.2. The number of likely N-dealkylation sites (tertiary alicyclic amines) is 1. The number of carbonyl (C=O) groups excluding carboxylic acids is 2. The normalized spacial score (nSPS) is 25.8. The molecule has 2 saturated heterocycles. The fourth-order valence-electron chi connectivity index (χ4n) is 4.16. The van der Waals surface area contributed by atoms with Gasteiger partial charge in [0.05, 0.1) is 13.1 Å². The van der Waals surface area contributed by atoms with Gasteiger partial charge in [-0.2, -0.15) is 0 Å². The van der Waals surface area contributed by atoms with Gasteiger partial charge < -0.3 is 9.80 Å². The van der Waals surface area contributed by atoms with Crippen molar-refractivity contribution in [2.75, 3.05) is 52.4 Å². The van der Waals surface area contributed by atoms with Gasteiger partial charge in [0.2, 0.25) is 11.8 Å². The summed E-state index contributed by atoms with van der Waals surface area (Å²) in [5, 5.41) is 0. The van der Waals surface area contributed by atoms with Crippen molar-refractivity contribution < 1.29 is 9.59 Å². The third-order valence-corrected chi connectivity index (χ3v) is 5.78. The van der Waals surface area contributed by atoms with Gasteiger partial charge in [0, 0.05) is 51.4 Å². The molecule has 2 amide bonds. The minimum Gasteiger partial charge on any atom is -0.342 e. The zero-order valence-electron chi connectivity index (χ0n) is 16.5. The number of piperidine rings is 1. The molecular formula is C19H36N4O2. The van der Waals surface area contributed by atoms with E-state index in [4.69, 9.17) is 0 Å². The molecular weight excluding hydrogens is 316 g/mol. The molecule has 0 saturated carbocycles. The molecule has 2 rings (SSSR count). The summed E-state index contributed by atoms with van der Waals surface area (Å²) < 4.78 is 0. The first-order valence-corrected chi connectivity index (χ1v) is 9.99. The molecule has 2 aliphatic heterocycles. The lowest BCUT2D eigenvalue weighted by molar-refractivity contribution is -0.139. The predicted molar refractivity (Wildman–Crippen MR) is 100 cm³/mol. The van der Waals surface area contributed by atoms with Crippen molar-refractivity contribution >= 4 is 11.8 Å². The molecule has 2 atom stereocenters. The average molecular weight is 353 g/mol. The maximum atomic E-state index is 12.7. The van der Waals surface area contributed by atoms with Gasteiger partial charge >= 0.3 is 0 Å². The number of hydrogen-bond acceptors (Lipinski definition) is 4. The highest BCUT2D eigenvalue weighted by molar-refractivity contribution is 5.79. The average Bonchev–Trinajstić information content (AvgIpc) is 2.57. The zero-order valence-corrected chi connectivity index (χ0v) is 16.5. The molecule has 0 aromatic rings. The van der Waals surface area contributed by atoms with E-state index in [1.807, 2.05) is 18.7 Å². The van der Waals surface area contributed by atoms with Crippen LogP contribution in [0.15, 0.2) is 0 Å². The predicted octanol–water partition coefficient (Wildman–Crippen LogP) is 1.26. The summed E-state index contributed by atoms with van der Waals surface area (Å²) >= 11 is 0. The molecule has 25 heavy (non-hydrogen) atoms. The van der Waals surface area contributed by atoms with Crippen LogP contribution in [0.4, 0.5) is 0 Å². The molecule has 2 unspecified atom stereocenters. The molecule has 2 heterocycles. The molecule has 0 radical (unpaired) electrons. The number of rotatable bonds is 6. The third kappa shape index (κ3) is 5.42. The van der Waals surface area contributed by atoms with Crippen molar-refractivity contribution in [3.8, 4) is 0 Å². The fourth-order valence-corrected chi connectivity index (χ4v) is 4.16. The van der Waals surface area contributed by atoms with E-state index >= 15 is 0 Å². The van der Waals surface area contributed by atoms with Gasteiger partial charge in [0.1, 0.15) is 0 Å². The van der Waals surface area contributed by atoms with E-state index in [0.717, 1.165) is 52.1 Å². The van der Waals surface area contributed by atoms with Gasteiger partial charge in [-0.3, -0.25) is 19.4 Å². The van der Waals surface area contributed by atoms with Crippen LogP contribution in [0.3, 0.4) is 0 Å². The lowest BCUT2D eigenvalue weighted by atomic mass is 9.97. The molecule has 6 nitrogen and oxygen atoms in total. The Hall–Kier alpha value is -1.14. The van der Waals surface area contributed by atoms with Crippen molar-refractivity contribution in [1.82, 2.24) is 19.6 Å².